The smallest absolute Gasteiger partial charge is 0.410 e. The van der Waals surface area contributed by atoms with Crippen molar-refractivity contribution in [2.75, 3.05) is 13.1 Å². The number of carbonyl (C=O) groups excluding carboxylic acids is 1. The third kappa shape index (κ3) is 6.42. The molecule has 1 aliphatic heterocycles. The van der Waals surface area contributed by atoms with Gasteiger partial charge in [-0.15, -0.1) is 0 Å². The van der Waals surface area contributed by atoms with Crippen molar-refractivity contribution in [3.8, 4) is 0 Å². The van der Waals surface area contributed by atoms with E-state index in [2.05, 4.69) is 24.1 Å². The minimum atomic E-state index is -3.80. The summed E-state index contributed by atoms with van der Waals surface area (Å²) in [5.41, 5.74) is -0.127. The molecule has 1 aliphatic rings. The number of hydrogen-bond donors (Lipinski definition) is 2. The van der Waals surface area contributed by atoms with Crippen LogP contribution in [0.15, 0.2) is 23.2 Å². The van der Waals surface area contributed by atoms with Gasteiger partial charge < -0.3 is 15.0 Å². The molecule has 1 atom stereocenters. The minimum absolute atomic E-state index is 0.127. The number of nitrogens with one attached hydrogen (secondary N) is 1. The van der Waals surface area contributed by atoms with Crippen LogP contribution in [0.1, 0.15) is 53.2 Å². The monoisotopic (exact) mass is 412 g/mol. The number of hydrogen-bond acceptors (Lipinski definition) is 6. The highest BCUT2D eigenvalue weighted by Gasteiger charge is 2.42. The molecule has 1 aromatic heterocycles. The number of nitrogens with zero attached hydrogens (tertiary/aromatic N) is 2. The number of sulfonamides is 1. The highest BCUT2D eigenvalue weighted by Crippen LogP contribution is 2.35. The Morgan fingerprint density at radius 3 is 2.68 bits per heavy atom. The van der Waals surface area contributed by atoms with E-state index in [4.69, 9.17) is 9.88 Å². The molecule has 3 N–H and O–H groups in total. The zero-order chi connectivity index (χ0) is 21.2. The van der Waals surface area contributed by atoms with Gasteiger partial charge in [-0.3, -0.25) is 0 Å². The van der Waals surface area contributed by atoms with Crippen molar-refractivity contribution in [1.82, 2.24) is 15.2 Å². The summed E-state index contributed by atoms with van der Waals surface area (Å²) < 4.78 is 28.3. The van der Waals surface area contributed by atoms with Crippen molar-refractivity contribution >= 4 is 16.1 Å². The van der Waals surface area contributed by atoms with Crippen LogP contribution in [0.25, 0.3) is 0 Å². The molecule has 28 heavy (non-hydrogen) atoms. The van der Waals surface area contributed by atoms with Crippen LogP contribution in [0.3, 0.4) is 0 Å². The van der Waals surface area contributed by atoms with Gasteiger partial charge in [0.25, 0.3) is 10.0 Å². The molecular formula is C19H32N4O4S. The highest BCUT2D eigenvalue weighted by molar-refractivity contribution is 7.89. The van der Waals surface area contributed by atoms with E-state index in [1.54, 1.807) is 12.1 Å². The summed E-state index contributed by atoms with van der Waals surface area (Å²) in [6, 6.07) is 4.76. The molecule has 0 unspecified atom stereocenters. The predicted molar refractivity (Wildman–Crippen MR) is 107 cm³/mol. The Balaban J connectivity index is 1.83. The Hall–Kier alpha value is -1.71. The Bertz CT molecular complexity index is 802. The topological polar surface area (TPSA) is 115 Å². The first-order valence-electron chi connectivity index (χ1n) is 9.48. The predicted octanol–water partition coefficient (Wildman–Crippen LogP) is 2.24. The molecule has 0 saturated carbocycles. The van der Waals surface area contributed by atoms with Crippen molar-refractivity contribution in [1.29, 1.82) is 0 Å². The van der Waals surface area contributed by atoms with Crippen molar-refractivity contribution in [2.24, 2.45) is 11.1 Å². The van der Waals surface area contributed by atoms with Crippen LogP contribution >= 0.6 is 0 Å². The number of amides is 1. The largest absolute Gasteiger partial charge is 0.444 e. The average molecular weight is 413 g/mol. The van der Waals surface area contributed by atoms with Gasteiger partial charge in [0.1, 0.15) is 5.60 Å². The maximum absolute atomic E-state index is 12.5. The summed E-state index contributed by atoms with van der Waals surface area (Å²) in [7, 11) is -3.80. The van der Waals surface area contributed by atoms with Gasteiger partial charge in [-0.1, -0.05) is 6.07 Å². The number of ether oxygens (including phenoxy) is 1. The Morgan fingerprint density at radius 2 is 2.07 bits per heavy atom. The van der Waals surface area contributed by atoms with Crippen LogP contribution in [0.2, 0.25) is 0 Å². The van der Waals surface area contributed by atoms with E-state index >= 15 is 0 Å². The summed E-state index contributed by atoms with van der Waals surface area (Å²) in [5.74, 6) is 0.374. The van der Waals surface area contributed by atoms with Crippen molar-refractivity contribution in [3.63, 3.8) is 0 Å². The van der Waals surface area contributed by atoms with E-state index in [1.807, 2.05) is 25.7 Å². The maximum Gasteiger partial charge on any atom is 0.410 e. The Labute approximate surface area is 167 Å². The molecule has 158 valence electrons. The lowest BCUT2D eigenvalue weighted by Crippen LogP contribution is -2.45. The van der Waals surface area contributed by atoms with Crippen LogP contribution in [0.4, 0.5) is 4.79 Å². The number of nitrogens with two attached hydrogens (primary N) is 1. The Kier molecular flexibility index (Phi) is 6.73. The van der Waals surface area contributed by atoms with E-state index < -0.39 is 15.6 Å². The molecule has 0 radical (unpaired) electrons. The number of primary sulfonamides is 1. The lowest BCUT2D eigenvalue weighted by atomic mass is 9.94. The van der Waals surface area contributed by atoms with Crippen molar-refractivity contribution < 1.29 is 17.9 Å². The summed E-state index contributed by atoms with van der Waals surface area (Å²) in [4.78, 5) is 18.4. The molecule has 9 heteroatoms. The molecule has 1 amide bonds. The fraction of sp³-hybridized carbons (Fsp3) is 0.684. The second-order valence-electron chi connectivity index (χ2n) is 8.95. The SMILES string of the molecule is CC(C)(C)OC(=O)N1C[C@@H](CCNCc2cccc(S(N)(=O)=O)n2)CC1(C)C. The second-order valence-corrected chi connectivity index (χ2v) is 10.5. The van der Waals surface area contributed by atoms with Crippen LogP contribution < -0.4 is 10.5 Å². The van der Waals surface area contributed by atoms with E-state index in [9.17, 15) is 13.2 Å². The third-order valence-corrected chi connectivity index (χ3v) is 5.49. The average Bonchev–Trinajstić information content (AvgIpc) is 2.84. The summed E-state index contributed by atoms with van der Waals surface area (Å²) in [5, 5.41) is 8.27. The molecule has 0 aliphatic carbocycles. The normalized spacial score (nSPS) is 19.6. The lowest BCUT2D eigenvalue weighted by molar-refractivity contribution is 0.0131. The van der Waals surface area contributed by atoms with Gasteiger partial charge in [-0.25, -0.2) is 23.3 Å². The fourth-order valence-electron chi connectivity index (χ4n) is 3.46. The van der Waals surface area contributed by atoms with E-state index in [0.717, 1.165) is 19.4 Å². The van der Waals surface area contributed by atoms with Gasteiger partial charge in [0, 0.05) is 18.6 Å². The van der Waals surface area contributed by atoms with E-state index in [0.29, 0.717) is 24.7 Å². The molecule has 0 aromatic carbocycles. The fourth-order valence-corrected chi connectivity index (χ4v) is 3.97. The quantitative estimate of drug-likeness (QED) is 0.693. The third-order valence-electron chi connectivity index (χ3n) is 4.68. The summed E-state index contributed by atoms with van der Waals surface area (Å²) >= 11 is 0. The van der Waals surface area contributed by atoms with Crippen LogP contribution in [-0.2, 0) is 21.3 Å². The first-order valence-corrected chi connectivity index (χ1v) is 11.0. The molecule has 1 saturated heterocycles. The summed E-state index contributed by atoms with van der Waals surface area (Å²) in [6.45, 7) is 11.6. The summed E-state index contributed by atoms with van der Waals surface area (Å²) in [6.07, 6.45) is 1.54. The first kappa shape index (κ1) is 22.6. The van der Waals surface area contributed by atoms with Crippen LogP contribution in [0.5, 0.6) is 0 Å². The number of pyridine rings is 1. The van der Waals surface area contributed by atoms with Crippen LogP contribution in [-0.4, -0.2) is 48.6 Å². The number of rotatable bonds is 6. The van der Waals surface area contributed by atoms with E-state index in [1.165, 1.54) is 6.07 Å². The van der Waals surface area contributed by atoms with Crippen LogP contribution in [0, 0.1) is 5.92 Å². The first-order chi connectivity index (χ1) is 12.8. The van der Waals surface area contributed by atoms with Crippen molar-refractivity contribution in [2.45, 2.75) is 70.2 Å². The van der Waals surface area contributed by atoms with Gasteiger partial charge >= 0.3 is 6.09 Å². The number of aromatic nitrogens is 1. The zero-order valence-electron chi connectivity index (χ0n) is 17.4. The molecule has 2 rings (SSSR count). The van der Waals surface area contributed by atoms with Gasteiger partial charge in [-0.2, -0.15) is 0 Å². The maximum atomic E-state index is 12.5. The molecule has 1 fully saturated rings. The molecule has 1 aromatic rings. The van der Waals surface area contributed by atoms with Crippen molar-refractivity contribution in [3.05, 3.63) is 23.9 Å². The number of carbonyl (C=O) groups is 1. The molecule has 0 spiro atoms. The van der Waals surface area contributed by atoms with Gasteiger partial charge in [0.15, 0.2) is 5.03 Å². The molecule has 0 bridgehead atoms. The van der Waals surface area contributed by atoms with Gasteiger partial charge in [0.05, 0.1) is 5.69 Å². The highest BCUT2D eigenvalue weighted by atomic mass is 32.2. The molecular weight excluding hydrogens is 380 g/mol. The molecule has 2 heterocycles. The Morgan fingerprint density at radius 1 is 1.39 bits per heavy atom. The van der Waals surface area contributed by atoms with Gasteiger partial charge in [0.2, 0.25) is 0 Å². The van der Waals surface area contributed by atoms with Gasteiger partial charge in [-0.05, 0) is 72.1 Å². The standard InChI is InChI=1S/C19H32N4O4S/c1-18(2,3)27-17(24)23-13-14(11-19(23,4)5)9-10-21-12-15-7-6-8-16(22-15)28(20,25)26/h6-8,14,21H,9-13H2,1-5H3,(H2,20,25,26)/t14-/m0/s1. The minimum Gasteiger partial charge on any atom is -0.444 e. The lowest BCUT2D eigenvalue weighted by Gasteiger charge is -2.33. The zero-order valence-corrected chi connectivity index (χ0v) is 18.2. The number of likely N-dealkylation sites (tertiary alicyclic amines) is 1. The van der Waals surface area contributed by atoms with E-state index in [-0.39, 0.29) is 16.7 Å². The molecule has 8 nitrogen and oxygen atoms in total. The second kappa shape index (κ2) is 8.34.